The highest BCUT2D eigenvalue weighted by atomic mass is 35.7. The van der Waals surface area contributed by atoms with Crippen molar-refractivity contribution >= 4 is 22.6 Å². The van der Waals surface area contributed by atoms with E-state index in [1.165, 1.54) is 36.4 Å². The fourth-order valence-corrected chi connectivity index (χ4v) is 3.43. The topological polar surface area (TPSA) is 144 Å². The zero-order valence-electron chi connectivity index (χ0n) is 17.9. The Labute approximate surface area is 198 Å². The molecule has 34 heavy (non-hydrogen) atoms. The first-order chi connectivity index (χ1) is 15.7. The van der Waals surface area contributed by atoms with Gasteiger partial charge in [-0.2, -0.15) is 27.1 Å². The molecule has 1 aromatic heterocycles. The number of alkyl halides is 3. The molecule has 0 aliphatic rings. The minimum atomic E-state index is -4.90. The largest absolute Gasteiger partial charge is 0.507 e. The zero-order chi connectivity index (χ0) is 25.8. The normalized spacial score (nSPS) is 12.1. The molecule has 3 N–H and O–H groups in total. The number of phenols is 1. The van der Waals surface area contributed by atoms with Crippen LogP contribution in [0.15, 0.2) is 45.6 Å². The second kappa shape index (κ2) is 10.9. The number of hydrogen-bond donors (Lipinski definition) is 3. The number of phenolic OH excluding ortho intramolecular Hbond substituents is 1. The van der Waals surface area contributed by atoms with Crippen LogP contribution in [0.5, 0.6) is 5.75 Å². The van der Waals surface area contributed by atoms with Crippen molar-refractivity contribution < 1.29 is 56.5 Å². The van der Waals surface area contributed by atoms with Crippen molar-refractivity contribution in [2.45, 2.75) is 26.6 Å². The van der Waals surface area contributed by atoms with E-state index in [0.29, 0.717) is 18.1 Å². The van der Waals surface area contributed by atoms with Gasteiger partial charge in [-0.05, 0) is 43.7 Å². The molecule has 0 bridgehead atoms. The predicted molar refractivity (Wildman–Crippen MR) is 108 cm³/mol. The summed E-state index contributed by atoms with van der Waals surface area (Å²) in [4.78, 5) is 14.1. The van der Waals surface area contributed by atoms with E-state index < -0.39 is 33.2 Å². The third-order valence-corrected chi connectivity index (χ3v) is 5.21. The van der Waals surface area contributed by atoms with Crippen molar-refractivity contribution in [3.63, 3.8) is 0 Å². The number of rotatable bonds is 5. The van der Waals surface area contributed by atoms with E-state index in [0.717, 1.165) is 4.90 Å². The smallest absolute Gasteiger partial charge is 0.450 e. The van der Waals surface area contributed by atoms with Crippen LogP contribution in [0.2, 0.25) is 5.02 Å². The van der Waals surface area contributed by atoms with Crippen molar-refractivity contribution in [2.24, 2.45) is 0 Å². The Morgan fingerprint density at radius 2 is 1.59 bits per heavy atom. The molecule has 3 rings (SSSR count). The zero-order valence-corrected chi connectivity index (χ0v) is 19.4. The number of fused-ring (bicyclic) bond motifs is 1. The van der Waals surface area contributed by atoms with Crippen LogP contribution in [0.25, 0.3) is 22.1 Å². The molecular weight excluding hydrogens is 506 g/mol. The maximum atomic E-state index is 13.8. The standard InChI is InChI=1S/C21H19ClF3NO3.ClHO4/c1-3-26(4-2)11-15-16(27)10-9-14-18(28)17(12-5-7-13(22)8-6-12)20(21(23,24)25)29-19(14)15;2-1(3,4)5/h5-10,27H,3-4,11H2,1-2H3;(H,2,3,4,5)/p+1. The summed E-state index contributed by atoms with van der Waals surface area (Å²) < 4.78 is 79.5. The van der Waals surface area contributed by atoms with Gasteiger partial charge in [0.05, 0.1) is 44.5 Å². The summed E-state index contributed by atoms with van der Waals surface area (Å²) in [5.41, 5.74) is -1.38. The van der Waals surface area contributed by atoms with Crippen LogP contribution in [0.4, 0.5) is 13.2 Å². The molecule has 0 atom stereocenters. The van der Waals surface area contributed by atoms with Crippen LogP contribution in [-0.4, -0.2) is 22.9 Å². The molecule has 0 saturated carbocycles. The Bertz CT molecular complexity index is 1180. The molecule has 2 aromatic carbocycles. The molecule has 0 saturated heterocycles. The van der Waals surface area contributed by atoms with Crippen LogP contribution in [-0.2, 0) is 12.7 Å². The molecule has 0 aliphatic heterocycles. The highest BCUT2D eigenvalue weighted by molar-refractivity contribution is 6.30. The molecule has 8 nitrogen and oxygen atoms in total. The predicted octanol–water partition coefficient (Wildman–Crippen LogP) is 0.138. The minimum Gasteiger partial charge on any atom is -0.507 e. The maximum Gasteiger partial charge on any atom is 0.450 e. The summed E-state index contributed by atoms with van der Waals surface area (Å²) >= 11 is 5.82. The van der Waals surface area contributed by atoms with Gasteiger partial charge in [0.25, 0.3) is 0 Å². The van der Waals surface area contributed by atoms with Crippen LogP contribution < -0.4 is 24.3 Å². The van der Waals surface area contributed by atoms with Crippen LogP contribution in [0, 0.1) is 10.2 Å². The van der Waals surface area contributed by atoms with E-state index in [4.69, 9.17) is 34.7 Å². The highest BCUT2D eigenvalue weighted by Crippen LogP contribution is 2.39. The van der Waals surface area contributed by atoms with Crippen LogP contribution in [0.3, 0.4) is 0 Å². The van der Waals surface area contributed by atoms with Crippen molar-refractivity contribution in [3.8, 4) is 16.9 Å². The average molecular weight is 527 g/mol. The van der Waals surface area contributed by atoms with Crippen LogP contribution >= 0.6 is 11.6 Å². The quantitative estimate of drug-likeness (QED) is 0.428. The lowest BCUT2D eigenvalue weighted by atomic mass is 10.00. The molecule has 0 aliphatic carbocycles. The summed E-state index contributed by atoms with van der Waals surface area (Å²) in [7, 11) is -4.69. The van der Waals surface area contributed by atoms with Crippen molar-refractivity contribution in [1.82, 2.24) is 0 Å². The lowest BCUT2D eigenvalue weighted by molar-refractivity contribution is -1.92. The van der Waals surface area contributed by atoms with E-state index in [9.17, 15) is 23.1 Å². The van der Waals surface area contributed by atoms with E-state index in [2.05, 4.69) is 0 Å². The fraction of sp³-hybridized carbons (Fsp3) is 0.286. The Balaban J connectivity index is 0.000000739. The van der Waals surface area contributed by atoms with Gasteiger partial charge in [-0.25, -0.2) is 0 Å². The first-order valence-corrected chi connectivity index (χ1v) is 11.4. The third kappa shape index (κ3) is 7.06. The van der Waals surface area contributed by atoms with Gasteiger partial charge in [-0.3, -0.25) is 4.79 Å². The van der Waals surface area contributed by atoms with E-state index in [1.54, 1.807) is 0 Å². The van der Waals surface area contributed by atoms with E-state index in [-0.39, 0.29) is 34.4 Å². The Morgan fingerprint density at radius 1 is 1.06 bits per heavy atom. The van der Waals surface area contributed by atoms with Gasteiger partial charge in [0.2, 0.25) is 11.2 Å². The molecule has 0 unspecified atom stereocenters. The number of hydrogen-bond acceptors (Lipinski definition) is 7. The second-order valence-electron chi connectivity index (χ2n) is 7.11. The first kappa shape index (κ1) is 27.9. The Morgan fingerprint density at radius 3 is 2.06 bits per heavy atom. The average Bonchev–Trinajstić information content (AvgIpc) is 2.72. The number of nitrogens with one attached hydrogen (secondary N) is 1. The molecule has 0 spiro atoms. The van der Waals surface area contributed by atoms with Crippen molar-refractivity contribution in [2.75, 3.05) is 13.1 Å². The van der Waals surface area contributed by atoms with Gasteiger partial charge in [0.15, 0.2) is 5.58 Å². The second-order valence-corrected chi connectivity index (χ2v) is 8.34. The molecular formula is C21H21Cl2F3NO7+. The van der Waals surface area contributed by atoms with Gasteiger partial charge >= 0.3 is 6.18 Å². The number of aromatic hydroxyl groups is 1. The summed E-state index contributed by atoms with van der Waals surface area (Å²) in [6, 6.07) is 8.11. The number of benzene rings is 2. The van der Waals surface area contributed by atoms with E-state index >= 15 is 0 Å². The lowest BCUT2D eigenvalue weighted by Gasteiger charge is -2.18. The van der Waals surface area contributed by atoms with Gasteiger partial charge in [0, 0.05) is 5.02 Å². The Kier molecular flexibility index (Phi) is 8.94. The number of quaternary nitrogens is 1. The molecule has 3 aromatic rings. The SMILES string of the molecule is CC[NH+](CC)Cc1c(O)ccc2c(=O)c(-c3ccc(Cl)cc3)c(C(F)(F)F)oc12.[O-][Cl+3]([O-])([O-])O. The molecule has 186 valence electrons. The summed E-state index contributed by atoms with van der Waals surface area (Å²) in [5, 5.41) is 10.6. The summed E-state index contributed by atoms with van der Waals surface area (Å²) in [6.45, 7) is 5.49. The minimum absolute atomic E-state index is 0.0118. The van der Waals surface area contributed by atoms with Gasteiger partial charge in [-0.1, -0.05) is 23.7 Å². The van der Waals surface area contributed by atoms with E-state index in [1.807, 2.05) is 13.8 Å². The van der Waals surface area contributed by atoms with Gasteiger partial charge < -0.3 is 14.4 Å². The summed E-state index contributed by atoms with van der Waals surface area (Å²) in [6.07, 6.45) is -4.90. The third-order valence-electron chi connectivity index (χ3n) is 4.96. The van der Waals surface area contributed by atoms with Gasteiger partial charge in [-0.15, -0.1) is 0 Å². The summed E-state index contributed by atoms with van der Waals surface area (Å²) in [5.74, 6) is -1.59. The Hall–Kier alpha value is -2.38. The van der Waals surface area contributed by atoms with Crippen LogP contribution in [0.1, 0.15) is 25.2 Å². The number of halogens is 5. The first-order valence-electron chi connectivity index (χ1n) is 9.78. The highest BCUT2D eigenvalue weighted by Gasteiger charge is 2.40. The lowest BCUT2D eigenvalue weighted by Crippen LogP contribution is -3.10. The van der Waals surface area contributed by atoms with Crippen molar-refractivity contribution in [1.29, 1.82) is 0 Å². The molecule has 1 heterocycles. The molecule has 0 fully saturated rings. The van der Waals surface area contributed by atoms with Crippen molar-refractivity contribution in [3.05, 3.63) is 63.0 Å². The fourth-order valence-electron chi connectivity index (χ4n) is 3.30. The van der Waals surface area contributed by atoms with Gasteiger partial charge in [0.1, 0.15) is 12.3 Å². The maximum absolute atomic E-state index is 13.8. The molecule has 0 radical (unpaired) electrons. The molecule has 0 amide bonds. The molecule has 13 heteroatoms. The monoisotopic (exact) mass is 526 g/mol.